The number of aromatic nitrogens is 5. The van der Waals surface area contributed by atoms with Crippen molar-refractivity contribution in [2.24, 2.45) is 0 Å². The van der Waals surface area contributed by atoms with Crippen molar-refractivity contribution < 1.29 is 0 Å². The number of rotatable bonds is 1. The zero-order valence-electron chi connectivity index (χ0n) is 5.96. The lowest BCUT2D eigenvalue weighted by atomic mass is 10.4. The van der Waals surface area contributed by atoms with Gasteiger partial charge in [-0.15, -0.1) is 0 Å². The molecule has 0 aliphatic heterocycles. The van der Waals surface area contributed by atoms with Crippen LogP contribution < -0.4 is 11.4 Å². The molecular formula is C5H6N6O. The molecule has 0 aromatic carbocycles. The van der Waals surface area contributed by atoms with Crippen LogP contribution in [0.3, 0.4) is 0 Å². The summed E-state index contributed by atoms with van der Waals surface area (Å²) >= 11 is 0. The van der Waals surface area contributed by atoms with Crippen LogP contribution in [0, 0.1) is 0 Å². The molecule has 2 heterocycles. The molecule has 12 heavy (non-hydrogen) atoms. The quantitative estimate of drug-likeness (QED) is 0.438. The third-order valence-corrected chi connectivity index (χ3v) is 1.35. The van der Waals surface area contributed by atoms with E-state index in [0.717, 1.165) is 0 Å². The first kappa shape index (κ1) is 6.65. The van der Waals surface area contributed by atoms with Crippen LogP contribution in [0.25, 0.3) is 11.5 Å². The third-order valence-electron chi connectivity index (χ3n) is 1.35. The average molecular weight is 166 g/mol. The molecule has 2 rings (SSSR count). The minimum absolute atomic E-state index is 0.355. The highest BCUT2D eigenvalue weighted by Crippen LogP contribution is 2.10. The number of anilines is 1. The minimum atomic E-state index is -0.363. The molecule has 5 N–H and O–H groups in total. The van der Waals surface area contributed by atoms with Crippen LogP contribution >= 0.6 is 0 Å². The summed E-state index contributed by atoms with van der Waals surface area (Å²) in [6, 6.07) is 1.58. The van der Waals surface area contributed by atoms with Gasteiger partial charge in [-0.05, 0) is 0 Å². The molecule has 0 bridgehead atoms. The minimum Gasteiger partial charge on any atom is -0.382 e. The summed E-state index contributed by atoms with van der Waals surface area (Å²) in [7, 11) is 0. The van der Waals surface area contributed by atoms with E-state index in [1.165, 1.54) is 0 Å². The van der Waals surface area contributed by atoms with Gasteiger partial charge in [-0.1, -0.05) is 0 Å². The smallest absolute Gasteiger partial charge is 0.340 e. The third kappa shape index (κ3) is 0.965. The maximum Gasteiger partial charge on any atom is 0.340 e. The molecule has 62 valence electrons. The summed E-state index contributed by atoms with van der Waals surface area (Å²) in [5.74, 6) is 0.748. The number of nitrogen functional groups attached to an aromatic ring is 1. The largest absolute Gasteiger partial charge is 0.382 e. The SMILES string of the molecule is Nc1cc(-c2n[nH]c(=O)[nH]2)[nH]n1. The fourth-order valence-corrected chi connectivity index (χ4v) is 0.856. The predicted octanol–water partition coefficient (Wildman–Crippen LogP) is -0.930. The number of hydrogen-bond donors (Lipinski definition) is 4. The topological polar surface area (TPSA) is 116 Å². The Labute approximate surface area is 66.0 Å². The van der Waals surface area contributed by atoms with Crippen molar-refractivity contribution in [1.82, 2.24) is 25.4 Å². The summed E-state index contributed by atoms with van der Waals surface area (Å²) < 4.78 is 0. The van der Waals surface area contributed by atoms with E-state index in [4.69, 9.17) is 5.73 Å². The summed E-state index contributed by atoms with van der Waals surface area (Å²) in [5.41, 5.74) is 5.56. The fourth-order valence-electron chi connectivity index (χ4n) is 0.856. The van der Waals surface area contributed by atoms with Crippen LogP contribution in [0.5, 0.6) is 0 Å². The van der Waals surface area contributed by atoms with Crippen molar-refractivity contribution in [1.29, 1.82) is 0 Å². The molecule has 7 nitrogen and oxygen atoms in total. The first-order valence-corrected chi connectivity index (χ1v) is 3.21. The number of nitrogens with two attached hydrogens (primary N) is 1. The lowest BCUT2D eigenvalue weighted by Crippen LogP contribution is -2.00. The van der Waals surface area contributed by atoms with Crippen LogP contribution in [0.1, 0.15) is 0 Å². The Morgan fingerprint density at radius 3 is 2.67 bits per heavy atom. The van der Waals surface area contributed by atoms with E-state index in [-0.39, 0.29) is 5.69 Å². The lowest BCUT2D eigenvalue weighted by Gasteiger charge is -1.83. The summed E-state index contributed by atoms with van der Waals surface area (Å²) in [6.45, 7) is 0. The Kier molecular flexibility index (Phi) is 1.23. The molecule has 0 radical (unpaired) electrons. The summed E-state index contributed by atoms with van der Waals surface area (Å²) in [6.07, 6.45) is 0. The predicted molar refractivity (Wildman–Crippen MR) is 41.2 cm³/mol. The highest BCUT2D eigenvalue weighted by molar-refractivity contribution is 5.52. The first-order chi connectivity index (χ1) is 5.75. The second kappa shape index (κ2) is 2.22. The maximum atomic E-state index is 10.6. The van der Waals surface area contributed by atoms with E-state index < -0.39 is 0 Å². The monoisotopic (exact) mass is 166 g/mol. The highest BCUT2D eigenvalue weighted by atomic mass is 16.1. The van der Waals surface area contributed by atoms with Gasteiger partial charge in [0, 0.05) is 6.07 Å². The Bertz CT molecular complexity index is 436. The molecule has 0 aliphatic rings. The van der Waals surface area contributed by atoms with E-state index in [9.17, 15) is 4.79 Å². The zero-order chi connectivity index (χ0) is 8.55. The van der Waals surface area contributed by atoms with E-state index in [1.54, 1.807) is 6.07 Å². The van der Waals surface area contributed by atoms with Gasteiger partial charge in [0.15, 0.2) is 5.82 Å². The average Bonchev–Trinajstić information content (AvgIpc) is 2.58. The maximum absolute atomic E-state index is 10.6. The number of H-pyrrole nitrogens is 3. The Hall–Kier alpha value is -2.05. The molecule has 0 aliphatic carbocycles. The lowest BCUT2D eigenvalue weighted by molar-refractivity contribution is 1.04. The Balaban J connectivity index is 2.50. The standard InChI is InChI=1S/C5H6N6O/c6-3-1-2(8-9-3)4-7-5(12)11-10-4/h1H,(H3,6,8,9)(H2,7,10,11,12). The number of nitrogens with one attached hydrogen (secondary N) is 3. The van der Waals surface area contributed by atoms with Crippen LogP contribution in [-0.4, -0.2) is 25.4 Å². The van der Waals surface area contributed by atoms with E-state index in [0.29, 0.717) is 17.3 Å². The fraction of sp³-hybridized carbons (Fsp3) is 0. The summed E-state index contributed by atoms with van der Waals surface area (Å²) in [4.78, 5) is 13.1. The van der Waals surface area contributed by atoms with Gasteiger partial charge in [-0.2, -0.15) is 10.2 Å². The first-order valence-electron chi connectivity index (χ1n) is 3.21. The van der Waals surface area contributed by atoms with Gasteiger partial charge in [-0.25, -0.2) is 9.89 Å². The van der Waals surface area contributed by atoms with Gasteiger partial charge >= 0.3 is 5.69 Å². The normalized spacial score (nSPS) is 10.3. The van der Waals surface area contributed by atoms with E-state index in [1.807, 2.05) is 0 Å². The number of nitrogens with zero attached hydrogens (tertiary/aromatic N) is 2. The van der Waals surface area contributed by atoms with E-state index >= 15 is 0 Å². The number of aromatic amines is 3. The van der Waals surface area contributed by atoms with Crippen LogP contribution in [0.15, 0.2) is 10.9 Å². The van der Waals surface area contributed by atoms with Gasteiger partial charge in [0.25, 0.3) is 0 Å². The second-order valence-corrected chi connectivity index (χ2v) is 2.23. The molecule has 2 aromatic rings. The zero-order valence-corrected chi connectivity index (χ0v) is 5.96. The van der Waals surface area contributed by atoms with Crippen molar-refractivity contribution in [3.05, 3.63) is 16.6 Å². The molecule has 0 saturated heterocycles. The van der Waals surface area contributed by atoms with Crippen molar-refractivity contribution in [3.8, 4) is 11.5 Å². The molecule has 0 spiro atoms. The van der Waals surface area contributed by atoms with Gasteiger partial charge in [0.05, 0.1) is 0 Å². The van der Waals surface area contributed by atoms with Crippen molar-refractivity contribution in [2.45, 2.75) is 0 Å². The van der Waals surface area contributed by atoms with Gasteiger partial charge < -0.3 is 5.73 Å². The second-order valence-electron chi connectivity index (χ2n) is 2.23. The molecule has 0 unspecified atom stereocenters. The van der Waals surface area contributed by atoms with E-state index in [2.05, 4.69) is 25.4 Å². The Morgan fingerprint density at radius 2 is 2.17 bits per heavy atom. The van der Waals surface area contributed by atoms with Gasteiger partial charge in [-0.3, -0.25) is 10.1 Å². The number of hydrogen-bond acceptors (Lipinski definition) is 4. The van der Waals surface area contributed by atoms with Crippen molar-refractivity contribution in [3.63, 3.8) is 0 Å². The Morgan fingerprint density at radius 1 is 1.33 bits per heavy atom. The van der Waals surface area contributed by atoms with Gasteiger partial charge in [0.1, 0.15) is 11.5 Å². The molecule has 0 fully saturated rings. The molecular weight excluding hydrogens is 160 g/mol. The highest BCUT2D eigenvalue weighted by Gasteiger charge is 2.04. The van der Waals surface area contributed by atoms with Crippen molar-refractivity contribution >= 4 is 5.82 Å². The molecule has 0 atom stereocenters. The van der Waals surface area contributed by atoms with Crippen LogP contribution in [0.4, 0.5) is 5.82 Å². The van der Waals surface area contributed by atoms with Gasteiger partial charge in [0.2, 0.25) is 0 Å². The molecule has 7 heteroatoms. The van der Waals surface area contributed by atoms with Crippen molar-refractivity contribution in [2.75, 3.05) is 5.73 Å². The molecule has 0 amide bonds. The summed E-state index contributed by atoms with van der Waals surface area (Å²) in [5, 5.41) is 12.2. The van der Waals surface area contributed by atoms with Crippen LogP contribution in [0.2, 0.25) is 0 Å². The molecule has 0 saturated carbocycles. The van der Waals surface area contributed by atoms with Crippen LogP contribution in [-0.2, 0) is 0 Å². The molecule has 2 aromatic heterocycles.